The van der Waals surface area contributed by atoms with Gasteiger partial charge in [0.05, 0.1) is 6.10 Å². The zero-order chi connectivity index (χ0) is 8.72. The summed E-state index contributed by atoms with van der Waals surface area (Å²) in [5.74, 6) is 0.163. The minimum Gasteiger partial charge on any atom is -0.387 e. The summed E-state index contributed by atoms with van der Waals surface area (Å²) >= 11 is 0. The van der Waals surface area contributed by atoms with Crippen LogP contribution in [-0.2, 0) is 4.79 Å². The van der Waals surface area contributed by atoms with Gasteiger partial charge in [0, 0.05) is 18.2 Å². The Labute approximate surface area is 71.7 Å². The molecular weight excluding hydrogens is 154 g/mol. The van der Waals surface area contributed by atoms with Gasteiger partial charge in [0.1, 0.15) is 0 Å². The molecule has 1 amide bonds. The van der Waals surface area contributed by atoms with Crippen LogP contribution in [0.15, 0.2) is 11.8 Å². The molecule has 0 aromatic rings. The molecule has 0 aromatic carbocycles. The minimum absolute atomic E-state index is 0.163. The van der Waals surface area contributed by atoms with Crippen LogP contribution in [0.3, 0.4) is 0 Å². The predicted molar refractivity (Wildman–Crippen MR) is 44.2 cm³/mol. The molecule has 0 aromatic heterocycles. The van der Waals surface area contributed by atoms with Gasteiger partial charge in [0.15, 0.2) is 0 Å². The SMILES string of the molecule is CCC(O)C1=CC[C@@H]2CC(=O)N12. The van der Waals surface area contributed by atoms with Gasteiger partial charge < -0.3 is 10.0 Å². The summed E-state index contributed by atoms with van der Waals surface area (Å²) in [4.78, 5) is 12.9. The van der Waals surface area contributed by atoms with E-state index in [0.29, 0.717) is 18.9 Å². The van der Waals surface area contributed by atoms with E-state index >= 15 is 0 Å². The second-order valence-corrected chi connectivity index (χ2v) is 3.41. The van der Waals surface area contributed by atoms with Crippen LogP contribution in [0.2, 0.25) is 0 Å². The standard InChI is InChI=1S/C9H13NO2/c1-2-8(11)7-4-3-6-5-9(12)10(6)7/h4,6,8,11H,2-3,5H2,1H3/t6-,8?/m1/s1. The number of hydrogen-bond donors (Lipinski definition) is 1. The van der Waals surface area contributed by atoms with Crippen LogP contribution in [0.5, 0.6) is 0 Å². The maximum absolute atomic E-state index is 11.1. The Hall–Kier alpha value is -0.830. The molecule has 0 bridgehead atoms. The van der Waals surface area contributed by atoms with Crippen molar-refractivity contribution >= 4 is 5.91 Å². The maximum atomic E-state index is 11.1. The van der Waals surface area contributed by atoms with Gasteiger partial charge in [-0.1, -0.05) is 13.0 Å². The second-order valence-electron chi connectivity index (χ2n) is 3.41. The van der Waals surface area contributed by atoms with E-state index in [2.05, 4.69) is 0 Å². The Morgan fingerprint density at radius 1 is 1.83 bits per heavy atom. The average molecular weight is 167 g/mol. The quantitative estimate of drug-likeness (QED) is 0.613. The molecule has 1 fully saturated rings. The molecule has 2 rings (SSSR count). The van der Waals surface area contributed by atoms with E-state index in [-0.39, 0.29) is 5.91 Å². The Morgan fingerprint density at radius 3 is 3.17 bits per heavy atom. The first-order chi connectivity index (χ1) is 5.74. The van der Waals surface area contributed by atoms with Gasteiger partial charge >= 0.3 is 0 Å². The summed E-state index contributed by atoms with van der Waals surface area (Å²) in [6.45, 7) is 1.92. The highest BCUT2D eigenvalue weighted by molar-refractivity contribution is 5.86. The fourth-order valence-corrected chi connectivity index (χ4v) is 1.89. The molecule has 2 aliphatic heterocycles. The van der Waals surface area contributed by atoms with Crippen molar-refractivity contribution in [3.05, 3.63) is 11.8 Å². The molecule has 0 saturated carbocycles. The summed E-state index contributed by atoms with van der Waals surface area (Å²) < 4.78 is 0. The number of aliphatic hydroxyl groups is 1. The summed E-state index contributed by atoms with van der Waals surface area (Å²) in [6.07, 6.45) is 3.82. The molecule has 0 aliphatic carbocycles. The molecule has 2 aliphatic rings. The number of rotatable bonds is 2. The Balaban J connectivity index is 2.12. The first-order valence-electron chi connectivity index (χ1n) is 4.44. The Bertz CT molecular complexity index is 247. The number of carbonyl (C=O) groups is 1. The van der Waals surface area contributed by atoms with Crippen molar-refractivity contribution in [1.29, 1.82) is 0 Å². The summed E-state index contributed by atoms with van der Waals surface area (Å²) in [7, 11) is 0. The molecule has 0 spiro atoms. The normalized spacial score (nSPS) is 29.5. The summed E-state index contributed by atoms with van der Waals surface area (Å²) in [5.41, 5.74) is 0.832. The first kappa shape index (κ1) is 7.80. The smallest absolute Gasteiger partial charge is 0.229 e. The van der Waals surface area contributed by atoms with Crippen molar-refractivity contribution in [2.24, 2.45) is 0 Å². The minimum atomic E-state index is -0.445. The van der Waals surface area contributed by atoms with Crippen LogP contribution in [0.25, 0.3) is 0 Å². The van der Waals surface area contributed by atoms with Crippen molar-refractivity contribution in [3.8, 4) is 0 Å². The average Bonchev–Trinajstić information content (AvgIpc) is 2.40. The van der Waals surface area contributed by atoms with Gasteiger partial charge in [0.25, 0.3) is 0 Å². The van der Waals surface area contributed by atoms with Gasteiger partial charge in [-0.3, -0.25) is 4.79 Å². The van der Waals surface area contributed by atoms with E-state index in [4.69, 9.17) is 0 Å². The molecule has 1 N–H and O–H groups in total. The molecule has 3 nitrogen and oxygen atoms in total. The van der Waals surface area contributed by atoms with E-state index in [1.165, 1.54) is 0 Å². The third-order valence-corrected chi connectivity index (χ3v) is 2.65. The number of hydrogen-bond acceptors (Lipinski definition) is 2. The highest BCUT2D eigenvalue weighted by Crippen LogP contribution is 2.35. The highest BCUT2D eigenvalue weighted by atomic mass is 16.3. The van der Waals surface area contributed by atoms with Gasteiger partial charge in [-0.15, -0.1) is 0 Å². The highest BCUT2D eigenvalue weighted by Gasteiger charge is 2.42. The zero-order valence-corrected chi connectivity index (χ0v) is 7.16. The molecule has 2 atom stereocenters. The van der Waals surface area contributed by atoms with Crippen LogP contribution in [0, 0.1) is 0 Å². The molecule has 3 heteroatoms. The van der Waals surface area contributed by atoms with Crippen LogP contribution in [-0.4, -0.2) is 28.1 Å². The van der Waals surface area contributed by atoms with Crippen LogP contribution >= 0.6 is 0 Å². The molecule has 66 valence electrons. The van der Waals surface area contributed by atoms with Crippen molar-refractivity contribution < 1.29 is 9.90 Å². The number of carbonyl (C=O) groups excluding carboxylic acids is 1. The first-order valence-corrected chi connectivity index (χ1v) is 4.44. The fourth-order valence-electron chi connectivity index (χ4n) is 1.89. The lowest BCUT2D eigenvalue weighted by atomic mass is 10.0. The summed E-state index contributed by atoms with van der Waals surface area (Å²) in [5, 5.41) is 9.54. The Morgan fingerprint density at radius 2 is 2.58 bits per heavy atom. The predicted octanol–water partition coefficient (Wildman–Crippen LogP) is 0.646. The third kappa shape index (κ3) is 0.894. The zero-order valence-electron chi connectivity index (χ0n) is 7.16. The van der Waals surface area contributed by atoms with Crippen molar-refractivity contribution in [2.45, 2.75) is 38.3 Å². The second kappa shape index (κ2) is 2.59. The monoisotopic (exact) mass is 167 g/mol. The van der Waals surface area contributed by atoms with E-state index in [9.17, 15) is 9.90 Å². The third-order valence-electron chi connectivity index (χ3n) is 2.65. The number of fused-ring (bicyclic) bond motifs is 1. The van der Waals surface area contributed by atoms with Crippen molar-refractivity contribution in [1.82, 2.24) is 4.90 Å². The van der Waals surface area contributed by atoms with Crippen LogP contribution in [0.1, 0.15) is 26.2 Å². The molecular formula is C9H13NO2. The number of amides is 1. The lowest BCUT2D eigenvalue weighted by Crippen LogP contribution is -2.50. The Kier molecular flexibility index (Phi) is 1.68. The maximum Gasteiger partial charge on any atom is 0.229 e. The lowest BCUT2D eigenvalue weighted by Gasteiger charge is -2.38. The fraction of sp³-hybridized carbons (Fsp3) is 0.667. The number of β-lactam (4-membered cyclic amide) rings is 1. The van der Waals surface area contributed by atoms with E-state index < -0.39 is 6.10 Å². The van der Waals surface area contributed by atoms with Crippen LogP contribution < -0.4 is 0 Å². The topological polar surface area (TPSA) is 40.5 Å². The summed E-state index contributed by atoms with van der Waals surface area (Å²) in [6, 6.07) is 0.369. The van der Waals surface area contributed by atoms with E-state index in [0.717, 1.165) is 12.1 Å². The van der Waals surface area contributed by atoms with E-state index in [1.807, 2.05) is 13.0 Å². The number of aliphatic hydroxyl groups excluding tert-OH is 1. The van der Waals surface area contributed by atoms with Gasteiger partial charge in [-0.05, 0) is 12.8 Å². The lowest BCUT2D eigenvalue weighted by molar-refractivity contribution is -0.142. The van der Waals surface area contributed by atoms with Crippen molar-refractivity contribution in [3.63, 3.8) is 0 Å². The van der Waals surface area contributed by atoms with Crippen molar-refractivity contribution in [2.75, 3.05) is 0 Å². The molecule has 12 heavy (non-hydrogen) atoms. The molecule has 1 saturated heterocycles. The largest absolute Gasteiger partial charge is 0.387 e. The molecule has 0 radical (unpaired) electrons. The van der Waals surface area contributed by atoms with Gasteiger partial charge in [-0.25, -0.2) is 0 Å². The number of nitrogens with zero attached hydrogens (tertiary/aromatic N) is 1. The van der Waals surface area contributed by atoms with Gasteiger partial charge in [-0.2, -0.15) is 0 Å². The molecule has 2 heterocycles. The molecule has 1 unspecified atom stereocenters. The van der Waals surface area contributed by atoms with Gasteiger partial charge in [0.2, 0.25) is 5.91 Å². The van der Waals surface area contributed by atoms with Crippen LogP contribution in [0.4, 0.5) is 0 Å². The van der Waals surface area contributed by atoms with E-state index in [1.54, 1.807) is 4.90 Å².